The van der Waals surface area contributed by atoms with Crippen LogP contribution in [-0.4, -0.2) is 16.9 Å². The van der Waals surface area contributed by atoms with Gasteiger partial charge in [-0.05, 0) is 12.0 Å². The Morgan fingerprint density at radius 1 is 0.419 bits per heavy atom. The number of carbonyl (C=O) groups excluding carboxylic acids is 1. The van der Waals surface area contributed by atoms with E-state index >= 15 is 35.1 Å². The summed E-state index contributed by atoms with van der Waals surface area (Å²) >= 11 is 0. The predicted molar refractivity (Wildman–Crippen MR) is 174 cm³/mol. The average molecular weight is 906 g/mol. The van der Waals surface area contributed by atoms with Crippen molar-refractivity contribution in [3.05, 3.63) is 177 Å². The van der Waals surface area contributed by atoms with Gasteiger partial charge >= 0.3 is 0 Å². The molecule has 0 spiro atoms. The molecule has 0 amide bonds. The molecular formula is C38H15BF20N2O. The van der Waals surface area contributed by atoms with Crippen LogP contribution in [0.3, 0.4) is 0 Å². The Hall–Kier alpha value is -6.49. The van der Waals surface area contributed by atoms with E-state index in [0.29, 0.717) is 6.54 Å². The first kappa shape index (κ1) is 46.6. The zero-order valence-electron chi connectivity index (χ0n) is 30.0. The third-order valence-corrected chi connectivity index (χ3v) is 9.41. The summed E-state index contributed by atoms with van der Waals surface area (Å²) in [5.74, 6) is -71.3. The van der Waals surface area contributed by atoms with Gasteiger partial charge in [-0.15, -0.1) is 21.9 Å². The van der Waals surface area contributed by atoms with Crippen LogP contribution in [0.5, 0.6) is 0 Å². The van der Waals surface area contributed by atoms with E-state index in [1.165, 1.54) is 5.56 Å². The van der Waals surface area contributed by atoms with Gasteiger partial charge in [0.25, 0.3) is 0 Å². The van der Waals surface area contributed by atoms with E-state index in [1.807, 2.05) is 28.8 Å². The number of aromatic nitrogens is 2. The van der Waals surface area contributed by atoms with Gasteiger partial charge < -0.3 is 0 Å². The van der Waals surface area contributed by atoms with Gasteiger partial charge in [-0.1, -0.05) is 31.2 Å². The van der Waals surface area contributed by atoms with Crippen molar-refractivity contribution in [1.29, 1.82) is 0 Å². The van der Waals surface area contributed by atoms with Gasteiger partial charge in [-0.3, -0.25) is 9.78 Å². The molecule has 62 heavy (non-hydrogen) atoms. The fourth-order valence-electron chi connectivity index (χ4n) is 6.51. The van der Waals surface area contributed by atoms with Crippen LogP contribution >= 0.6 is 0 Å². The normalized spacial score (nSPS) is 11.5. The van der Waals surface area contributed by atoms with Crippen LogP contribution < -0.4 is 26.4 Å². The van der Waals surface area contributed by atoms with E-state index in [9.17, 15) is 57.5 Å². The van der Waals surface area contributed by atoms with E-state index in [1.54, 1.807) is 24.8 Å². The molecule has 0 aliphatic carbocycles. The number of aryl methyl sites for hydroxylation is 1. The van der Waals surface area contributed by atoms with Crippen LogP contribution in [0.1, 0.15) is 22.8 Å². The quantitative estimate of drug-likeness (QED) is 0.0393. The molecule has 0 radical (unpaired) electrons. The van der Waals surface area contributed by atoms with Crippen LogP contribution in [0, 0.1) is 116 Å². The number of ketones is 1. The predicted octanol–water partition coefficient (Wildman–Crippen LogP) is 7.66. The molecule has 0 unspecified atom stereocenters. The molecule has 6 rings (SSSR count). The van der Waals surface area contributed by atoms with E-state index in [2.05, 4.69) is 11.9 Å². The summed E-state index contributed by atoms with van der Waals surface area (Å²) in [5, 5.41) is 0. The summed E-state index contributed by atoms with van der Waals surface area (Å²) in [6.07, 6.45) is 0.705. The van der Waals surface area contributed by atoms with Crippen LogP contribution in [0.4, 0.5) is 87.8 Å². The molecule has 5 aromatic carbocycles. The Labute approximate surface area is 332 Å². The highest BCUT2D eigenvalue weighted by atomic mass is 19.2. The highest BCUT2D eigenvalue weighted by Crippen LogP contribution is 2.30. The van der Waals surface area contributed by atoms with Gasteiger partial charge in [-0.2, -0.15) is 4.57 Å². The molecule has 0 fully saturated rings. The lowest BCUT2D eigenvalue weighted by Gasteiger charge is -2.44. The minimum Gasteiger partial charge on any atom is -0.287 e. The summed E-state index contributed by atoms with van der Waals surface area (Å²) in [7, 11) is 0. The maximum absolute atomic E-state index is 15.4. The van der Waals surface area contributed by atoms with Gasteiger partial charge in [0.05, 0.1) is 12.4 Å². The van der Waals surface area contributed by atoms with E-state index in [0.717, 1.165) is 12.0 Å². The van der Waals surface area contributed by atoms with Crippen LogP contribution in [0.2, 0.25) is 0 Å². The maximum Gasteiger partial charge on any atom is 0.227 e. The number of hydrogen-bond acceptors (Lipinski definition) is 2. The van der Waals surface area contributed by atoms with Crippen molar-refractivity contribution in [2.75, 3.05) is 0 Å². The van der Waals surface area contributed by atoms with Crippen LogP contribution in [-0.2, 0) is 13.0 Å². The fraction of sp³-hybridized carbons (Fsp3) is 0.0789. The molecule has 0 saturated heterocycles. The first-order valence-corrected chi connectivity index (χ1v) is 16.6. The zero-order chi connectivity index (χ0) is 46.4. The number of benzene rings is 5. The number of Topliss-reactive ketones (excluding diaryl/α,β-unsaturated/α-hetero) is 1. The lowest BCUT2D eigenvalue weighted by atomic mass is 9.12. The molecule has 0 aliphatic heterocycles. The number of hydrogen-bond donors (Lipinski definition) is 0. The summed E-state index contributed by atoms with van der Waals surface area (Å²) in [6, 6.07) is 7.79. The number of rotatable bonds is 8. The Bertz CT molecular complexity index is 2390. The Morgan fingerprint density at radius 3 is 0.903 bits per heavy atom. The minimum absolute atomic E-state index is 0.115. The van der Waals surface area contributed by atoms with Crippen LogP contribution in [0.15, 0.2) is 49.1 Å². The smallest absolute Gasteiger partial charge is 0.227 e. The van der Waals surface area contributed by atoms with E-state index in [-0.39, 0.29) is 5.78 Å². The third-order valence-electron chi connectivity index (χ3n) is 9.41. The molecule has 0 aliphatic rings. The highest BCUT2D eigenvalue weighted by molar-refractivity contribution is 7.20. The molecule has 0 bridgehead atoms. The van der Waals surface area contributed by atoms with Gasteiger partial charge in [0.15, 0.2) is 82.2 Å². The minimum atomic E-state index is -7.22. The first-order chi connectivity index (χ1) is 29.0. The molecular weight excluding hydrogens is 891 g/mol. The number of halogens is 20. The SMILES string of the molecule is CCc1ccc(C(=O)C[n+]2ccncc2)cc1.Fc1c(F)c(F)c([B-](c2c(F)c(F)c(F)c(F)c2F)(c2c(F)c(F)c(F)c(F)c2F)c2c(F)c(F)c(F)c(F)c2F)c(F)c1F. The van der Waals surface area contributed by atoms with Crippen molar-refractivity contribution >= 4 is 33.8 Å². The second-order valence-electron chi connectivity index (χ2n) is 12.7. The van der Waals surface area contributed by atoms with E-state index < -0.39 is 144 Å². The lowest BCUT2D eigenvalue weighted by Crippen LogP contribution is -2.81. The van der Waals surface area contributed by atoms with Gasteiger partial charge in [0.1, 0.15) is 52.7 Å². The lowest BCUT2D eigenvalue weighted by molar-refractivity contribution is -0.683. The number of carbonyl (C=O) groups is 1. The molecule has 0 atom stereocenters. The number of nitrogens with zero attached hydrogens (tertiary/aromatic N) is 2. The second-order valence-corrected chi connectivity index (χ2v) is 12.7. The summed E-state index contributed by atoms with van der Waals surface area (Å²) in [4.78, 5) is 15.9. The maximum atomic E-state index is 15.4. The Kier molecular flexibility index (Phi) is 13.1. The Morgan fingerprint density at radius 2 is 0.661 bits per heavy atom. The van der Waals surface area contributed by atoms with Crippen molar-refractivity contribution < 1.29 is 97.2 Å². The average Bonchev–Trinajstić information content (AvgIpc) is 3.26. The molecule has 1 aromatic heterocycles. The highest BCUT2D eigenvalue weighted by Gasteiger charge is 2.52. The second kappa shape index (κ2) is 17.5. The molecule has 24 heteroatoms. The molecule has 3 nitrogen and oxygen atoms in total. The summed E-state index contributed by atoms with van der Waals surface area (Å²) in [5.41, 5.74) is -12.3. The van der Waals surface area contributed by atoms with Crippen LogP contribution in [0.25, 0.3) is 0 Å². The standard InChI is InChI=1S/C24BF20.C14H15N2O/c26-5-1(6(27)14(35)21(42)13(5)34)25(2-7(28)15(36)22(43)16(37)8(2)29,3-9(30)17(38)23(44)18(39)10(3)31)4-11(32)19(40)24(45)20(41)12(4)33;1-2-12-3-5-13(6-4-12)14(17)11-16-9-7-15-8-10-16/h;3-10H,2,11H2,1H3/q-1;+1. The fourth-order valence-corrected chi connectivity index (χ4v) is 6.51. The molecule has 0 saturated carbocycles. The molecule has 1 heterocycles. The molecule has 0 N–H and O–H groups in total. The zero-order valence-corrected chi connectivity index (χ0v) is 30.0. The van der Waals surface area contributed by atoms with E-state index in [4.69, 9.17) is 0 Å². The van der Waals surface area contributed by atoms with Crippen molar-refractivity contribution in [2.24, 2.45) is 0 Å². The summed E-state index contributed by atoms with van der Waals surface area (Å²) < 4.78 is 296. The molecule has 6 aromatic rings. The third kappa shape index (κ3) is 7.37. The summed E-state index contributed by atoms with van der Waals surface area (Å²) in [6.45, 7) is 2.46. The largest absolute Gasteiger partial charge is 0.287 e. The Balaban J connectivity index is 0.000000355. The molecule has 326 valence electrons. The van der Waals surface area contributed by atoms with Crippen molar-refractivity contribution in [3.8, 4) is 0 Å². The topological polar surface area (TPSA) is 33.8 Å². The van der Waals surface area contributed by atoms with Crippen molar-refractivity contribution in [3.63, 3.8) is 0 Å². The van der Waals surface area contributed by atoms with Crippen molar-refractivity contribution in [2.45, 2.75) is 19.9 Å². The van der Waals surface area contributed by atoms with Crippen molar-refractivity contribution in [1.82, 2.24) is 4.98 Å². The first-order valence-electron chi connectivity index (χ1n) is 16.6. The van der Waals surface area contributed by atoms with Gasteiger partial charge in [0.2, 0.25) is 12.3 Å². The van der Waals surface area contributed by atoms with Gasteiger partial charge in [-0.25, -0.2) is 87.8 Å². The van der Waals surface area contributed by atoms with Gasteiger partial charge in [0, 0.05) is 5.56 Å². The monoisotopic (exact) mass is 906 g/mol.